The van der Waals surface area contributed by atoms with Crippen molar-refractivity contribution in [2.24, 2.45) is 0 Å². The molecule has 0 atom stereocenters. The van der Waals surface area contributed by atoms with Crippen molar-refractivity contribution in [3.05, 3.63) is 45.6 Å². The number of amides is 1. The first kappa shape index (κ1) is 19.7. The van der Waals surface area contributed by atoms with Crippen LogP contribution < -0.4 is 5.32 Å². The van der Waals surface area contributed by atoms with Crippen LogP contribution in [0.25, 0.3) is 5.65 Å². The highest BCUT2D eigenvalue weighted by molar-refractivity contribution is 9.10. The first-order valence-electron chi connectivity index (χ1n) is 8.07. The van der Waals surface area contributed by atoms with Gasteiger partial charge in [0.25, 0.3) is 5.91 Å². The molecule has 1 amide bonds. The van der Waals surface area contributed by atoms with Gasteiger partial charge in [0.05, 0.1) is 10.2 Å². The van der Waals surface area contributed by atoms with E-state index < -0.39 is 17.0 Å². The van der Waals surface area contributed by atoms with Crippen LogP contribution in [0, 0.1) is 13.8 Å². The summed E-state index contributed by atoms with van der Waals surface area (Å²) in [5.74, 6) is -0.472. The maximum absolute atomic E-state index is 13.6. The Bertz CT molecular complexity index is 977. The van der Waals surface area contributed by atoms with Crippen molar-refractivity contribution in [3.63, 3.8) is 0 Å². The molecule has 3 aromatic heterocycles. The Kier molecular flexibility index (Phi) is 5.48. The van der Waals surface area contributed by atoms with Gasteiger partial charge in [-0.25, -0.2) is 9.50 Å². The van der Waals surface area contributed by atoms with Crippen LogP contribution in [0.1, 0.15) is 34.0 Å². The molecule has 144 valence electrons. The van der Waals surface area contributed by atoms with Gasteiger partial charge in [0.1, 0.15) is 5.69 Å². The van der Waals surface area contributed by atoms with Crippen molar-refractivity contribution in [3.8, 4) is 0 Å². The average molecular weight is 462 g/mol. The number of hydrogen-bond donors (Lipinski definition) is 1. The molecular formula is C16H16BrClF2N6O. The Hall–Kier alpha value is -2.07. The zero-order chi connectivity index (χ0) is 19.8. The van der Waals surface area contributed by atoms with Crippen LogP contribution in [-0.4, -0.2) is 36.8 Å². The number of rotatable bonds is 6. The molecule has 3 heterocycles. The molecule has 1 N–H and O–H groups in total. The van der Waals surface area contributed by atoms with Gasteiger partial charge in [-0.3, -0.25) is 9.48 Å². The van der Waals surface area contributed by atoms with Crippen molar-refractivity contribution in [2.45, 2.75) is 32.2 Å². The minimum atomic E-state index is -3.62. The molecule has 11 heteroatoms. The van der Waals surface area contributed by atoms with Crippen LogP contribution in [0.3, 0.4) is 0 Å². The fourth-order valence-electron chi connectivity index (χ4n) is 2.55. The molecule has 0 radical (unpaired) electrons. The molecule has 0 aliphatic carbocycles. The van der Waals surface area contributed by atoms with Crippen LogP contribution in [0.2, 0.25) is 0 Å². The lowest BCUT2D eigenvalue weighted by atomic mass is 10.3. The average Bonchev–Trinajstić information content (AvgIpc) is 3.13. The van der Waals surface area contributed by atoms with E-state index in [-0.39, 0.29) is 11.3 Å². The Morgan fingerprint density at radius 3 is 2.70 bits per heavy atom. The lowest BCUT2D eigenvalue weighted by Gasteiger charge is -2.10. The smallest absolute Gasteiger partial charge is 0.351 e. The summed E-state index contributed by atoms with van der Waals surface area (Å²) in [6.45, 7) is 4.46. The predicted octanol–water partition coefficient (Wildman–Crippen LogP) is 3.41. The Morgan fingerprint density at radius 1 is 1.33 bits per heavy atom. The number of nitrogens with zero attached hydrogens (tertiary/aromatic N) is 5. The monoisotopic (exact) mass is 460 g/mol. The fourth-order valence-corrected chi connectivity index (χ4v) is 3.00. The van der Waals surface area contributed by atoms with Crippen molar-refractivity contribution in [1.29, 1.82) is 0 Å². The van der Waals surface area contributed by atoms with Crippen LogP contribution >= 0.6 is 27.5 Å². The summed E-state index contributed by atoms with van der Waals surface area (Å²) < 4.78 is 30.7. The fraction of sp³-hybridized carbons (Fsp3) is 0.375. The number of fused-ring (bicyclic) bond motifs is 1. The van der Waals surface area contributed by atoms with Gasteiger partial charge in [-0.15, -0.1) is 0 Å². The number of carbonyl (C=O) groups is 1. The molecule has 0 aliphatic rings. The molecule has 0 fully saturated rings. The zero-order valence-corrected chi connectivity index (χ0v) is 16.9. The third-order valence-corrected chi connectivity index (χ3v) is 4.79. The standard InChI is InChI=1S/C16H16BrClF2N6O/c1-9-6-13(16(18,19)20)26-14(22-9)7-12(24-26)15(27)21-4-3-5-25-8-11(17)10(2)23-25/h6-8H,3-5H2,1-2H3,(H,21,27). The second-order valence-corrected chi connectivity index (χ2v) is 7.34. The van der Waals surface area contributed by atoms with E-state index in [1.54, 1.807) is 11.6 Å². The summed E-state index contributed by atoms with van der Waals surface area (Å²) >= 11 is 8.53. The molecule has 3 aromatic rings. The molecule has 0 aromatic carbocycles. The zero-order valence-electron chi connectivity index (χ0n) is 14.5. The minimum Gasteiger partial charge on any atom is -0.351 e. The number of aromatic nitrogens is 5. The van der Waals surface area contributed by atoms with Gasteiger partial charge >= 0.3 is 5.38 Å². The molecule has 0 spiro atoms. The summed E-state index contributed by atoms with van der Waals surface area (Å²) in [6.07, 6.45) is 2.51. The normalized spacial score (nSPS) is 11.9. The third-order valence-electron chi connectivity index (χ3n) is 3.81. The van der Waals surface area contributed by atoms with Crippen molar-refractivity contribution >= 4 is 39.1 Å². The number of alkyl halides is 3. The van der Waals surface area contributed by atoms with E-state index in [2.05, 4.69) is 36.4 Å². The van der Waals surface area contributed by atoms with Gasteiger partial charge in [0, 0.05) is 31.0 Å². The van der Waals surface area contributed by atoms with E-state index in [9.17, 15) is 13.6 Å². The highest BCUT2D eigenvalue weighted by Crippen LogP contribution is 2.32. The van der Waals surface area contributed by atoms with Crippen LogP contribution in [0.5, 0.6) is 0 Å². The lowest BCUT2D eigenvalue weighted by Crippen LogP contribution is -2.26. The first-order valence-corrected chi connectivity index (χ1v) is 9.24. The third kappa shape index (κ3) is 4.44. The van der Waals surface area contributed by atoms with Gasteiger partial charge in [0.15, 0.2) is 11.3 Å². The molecule has 3 rings (SSSR count). The number of nitrogens with one attached hydrogen (secondary N) is 1. The van der Waals surface area contributed by atoms with Gasteiger partial charge in [-0.1, -0.05) is 0 Å². The largest absolute Gasteiger partial charge is 0.364 e. The van der Waals surface area contributed by atoms with Gasteiger partial charge in [-0.05, 0) is 53.9 Å². The minimum absolute atomic E-state index is 0.00653. The van der Waals surface area contributed by atoms with Crippen molar-refractivity contribution in [1.82, 2.24) is 29.7 Å². The van der Waals surface area contributed by atoms with E-state index in [0.29, 0.717) is 25.2 Å². The van der Waals surface area contributed by atoms with Gasteiger partial charge in [-0.2, -0.15) is 19.0 Å². The number of carbonyl (C=O) groups excluding carboxylic acids is 1. The van der Waals surface area contributed by atoms with Crippen LogP contribution in [0.15, 0.2) is 22.8 Å². The highest BCUT2D eigenvalue weighted by atomic mass is 79.9. The van der Waals surface area contributed by atoms with E-state index in [0.717, 1.165) is 20.7 Å². The van der Waals surface area contributed by atoms with Crippen LogP contribution in [0.4, 0.5) is 8.78 Å². The van der Waals surface area contributed by atoms with E-state index in [4.69, 9.17) is 11.6 Å². The Morgan fingerprint density at radius 2 is 2.07 bits per heavy atom. The van der Waals surface area contributed by atoms with Gasteiger partial charge in [0.2, 0.25) is 0 Å². The molecule has 0 aliphatic heterocycles. The number of halogens is 4. The number of aryl methyl sites for hydroxylation is 3. The SMILES string of the molecule is Cc1cc(C(F)(F)Cl)n2nc(C(=O)NCCCn3cc(Br)c(C)n3)cc2n1. The molecule has 0 saturated carbocycles. The summed E-state index contributed by atoms with van der Waals surface area (Å²) in [4.78, 5) is 16.4. The summed E-state index contributed by atoms with van der Waals surface area (Å²) in [7, 11) is 0. The molecule has 0 bridgehead atoms. The molecule has 27 heavy (non-hydrogen) atoms. The summed E-state index contributed by atoms with van der Waals surface area (Å²) in [6, 6.07) is 2.49. The van der Waals surface area contributed by atoms with E-state index >= 15 is 0 Å². The maximum Gasteiger partial charge on any atom is 0.364 e. The second kappa shape index (κ2) is 7.51. The predicted molar refractivity (Wildman–Crippen MR) is 99.1 cm³/mol. The van der Waals surface area contributed by atoms with Crippen molar-refractivity contribution in [2.75, 3.05) is 6.54 Å². The Labute approximate surface area is 166 Å². The van der Waals surface area contributed by atoms with Crippen molar-refractivity contribution < 1.29 is 13.6 Å². The lowest BCUT2D eigenvalue weighted by molar-refractivity contribution is 0.0864. The number of hydrogen-bond acceptors (Lipinski definition) is 4. The summed E-state index contributed by atoms with van der Waals surface area (Å²) in [5, 5.41) is 7.32. The molecular weight excluding hydrogens is 446 g/mol. The summed E-state index contributed by atoms with van der Waals surface area (Å²) in [5.41, 5.74) is 0.828. The maximum atomic E-state index is 13.6. The van der Waals surface area contributed by atoms with E-state index in [1.807, 2.05) is 13.1 Å². The molecule has 0 unspecified atom stereocenters. The van der Waals surface area contributed by atoms with Gasteiger partial charge < -0.3 is 5.32 Å². The first-order chi connectivity index (χ1) is 12.6. The second-order valence-electron chi connectivity index (χ2n) is 6.02. The van der Waals surface area contributed by atoms with E-state index in [1.165, 1.54) is 6.07 Å². The molecule has 0 saturated heterocycles. The quantitative estimate of drug-likeness (QED) is 0.451. The topological polar surface area (TPSA) is 77.1 Å². The molecule has 7 nitrogen and oxygen atoms in total. The highest BCUT2D eigenvalue weighted by Gasteiger charge is 2.32. The van der Waals surface area contributed by atoms with Crippen LogP contribution in [-0.2, 0) is 11.9 Å². The Balaban J connectivity index is 1.67.